The number of methoxy groups -OCH3 is 1. The van der Waals surface area contributed by atoms with Crippen molar-refractivity contribution in [3.63, 3.8) is 0 Å². The second-order valence-electron chi connectivity index (χ2n) is 3.28. The monoisotopic (exact) mass is 226 g/mol. The largest absolute Gasteiger partial charge is 0.478 e. The highest BCUT2D eigenvalue weighted by Crippen LogP contribution is 2.11. The Hall–Kier alpha value is -1.33. The maximum Gasteiger partial charge on any atom is 0.215 e. The Morgan fingerprint density at radius 2 is 2.31 bits per heavy atom. The second kappa shape index (κ2) is 7.03. The first-order valence-corrected chi connectivity index (χ1v) is 5.27. The van der Waals surface area contributed by atoms with Gasteiger partial charge in [0.2, 0.25) is 5.88 Å². The molecule has 5 nitrogen and oxygen atoms in total. The van der Waals surface area contributed by atoms with Crippen molar-refractivity contribution < 1.29 is 14.6 Å². The van der Waals surface area contributed by atoms with Gasteiger partial charge in [0.25, 0.3) is 0 Å². The van der Waals surface area contributed by atoms with Crippen LogP contribution in [0.15, 0.2) is 18.2 Å². The average Bonchev–Trinajstić information content (AvgIpc) is 2.28. The summed E-state index contributed by atoms with van der Waals surface area (Å²) in [6, 6.07) is 5.46. The molecule has 0 fully saturated rings. The Bertz CT molecular complexity index is 307. The first-order valence-electron chi connectivity index (χ1n) is 5.27. The Balaban J connectivity index is 2.44. The molecule has 1 aromatic heterocycles. The highest BCUT2D eigenvalue weighted by atomic mass is 16.5. The number of rotatable bonds is 7. The van der Waals surface area contributed by atoms with Crippen molar-refractivity contribution in [1.82, 2.24) is 4.98 Å². The summed E-state index contributed by atoms with van der Waals surface area (Å²) < 4.78 is 10.1. The van der Waals surface area contributed by atoms with E-state index in [9.17, 15) is 5.11 Å². The number of anilines is 1. The van der Waals surface area contributed by atoms with Gasteiger partial charge in [0.15, 0.2) is 0 Å². The number of hydrogen-bond acceptors (Lipinski definition) is 5. The first-order chi connectivity index (χ1) is 7.76. The molecule has 0 saturated heterocycles. The molecule has 16 heavy (non-hydrogen) atoms. The van der Waals surface area contributed by atoms with Gasteiger partial charge in [-0.1, -0.05) is 6.07 Å². The van der Waals surface area contributed by atoms with Crippen molar-refractivity contribution in [2.75, 3.05) is 32.2 Å². The highest BCUT2D eigenvalue weighted by Gasteiger charge is 2.03. The van der Waals surface area contributed by atoms with Crippen LogP contribution in [0.3, 0.4) is 0 Å². The molecule has 0 radical (unpaired) electrons. The molecular weight excluding hydrogens is 208 g/mol. The summed E-state index contributed by atoms with van der Waals surface area (Å²) in [7, 11) is 1.55. The van der Waals surface area contributed by atoms with Gasteiger partial charge in [-0.25, -0.2) is 0 Å². The molecule has 1 unspecified atom stereocenters. The molecule has 1 heterocycles. The Morgan fingerprint density at radius 1 is 1.50 bits per heavy atom. The van der Waals surface area contributed by atoms with Gasteiger partial charge < -0.3 is 19.9 Å². The number of ether oxygens (including phenoxy) is 2. The zero-order valence-corrected chi connectivity index (χ0v) is 9.64. The lowest BCUT2D eigenvalue weighted by molar-refractivity contribution is 0.0727. The summed E-state index contributed by atoms with van der Waals surface area (Å²) in [5.41, 5.74) is 0. The molecular formula is C11H18N2O3. The second-order valence-corrected chi connectivity index (χ2v) is 3.28. The predicted octanol–water partition coefficient (Wildman–Crippen LogP) is 0.899. The third kappa shape index (κ3) is 4.46. The maximum absolute atomic E-state index is 9.44. The van der Waals surface area contributed by atoms with Crippen LogP contribution in [0.1, 0.15) is 6.92 Å². The number of nitrogens with zero attached hydrogens (tertiary/aromatic N) is 1. The van der Waals surface area contributed by atoms with Gasteiger partial charge in [0, 0.05) is 19.7 Å². The van der Waals surface area contributed by atoms with Crippen LogP contribution in [0, 0.1) is 0 Å². The van der Waals surface area contributed by atoms with Gasteiger partial charge in [-0.2, -0.15) is 4.98 Å². The maximum atomic E-state index is 9.44. The number of aromatic nitrogens is 1. The zero-order chi connectivity index (χ0) is 11.8. The van der Waals surface area contributed by atoms with Gasteiger partial charge in [-0.05, 0) is 13.0 Å². The van der Waals surface area contributed by atoms with E-state index in [4.69, 9.17) is 9.47 Å². The number of aliphatic hydroxyl groups excluding tert-OH is 1. The molecule has 0 aliphatic rings. The van der Waals surface area contributed by atoms with Crippen molar-refractivity contribution in [2.45, 2.75) is 13.0 Å². The minimum atomic E-state index is -0.539. The average molecular weight is 226 g/mol. The molecule has 0 bridgehead atoms. The topological polar surface area (TPSA) is 63.6 Å². The molecule has 1 atom stereocenters. The highest BCUT2D eigenvalue weighted by molar-refractivity contribution is 5.37. The van der Waals surface area contributed by atoms with Crippen LogP contribution in [-0.2, 0) is 4.74 Å². The summed E-state index contributed by atoms with van der Waals surface area (Å²) in [5.74, 6) is 1.26. The normalized spacial score (nSPS) is 12.2. The van der Waals surface area contributed by atoms with E-state index >= 15 is 0 Å². The quantitative estimate of drug-likeness (QED) is 0.723. The Morgan fingerprint density at radius 3 is 3.00 bits per heavy atom. The minimum absolute atomic E-state index is 0.304. The molecule has 2 N–H and O–H groups in total. The molecule has 1 rings (SSSR count). The van der Waals surface area contributed by atoms with E-state index in [1.165, 1.54) is 0 Å². The smallest absolute Gasteiger partial charge is 0.215 e. The SMILES string of the molecule is CCOc1cccc(NCC(O)COC)n1. The van der Waals surface area contributed by atoms with Crippen LogP contribution in [0.25, 0.3) is 0 Å². The Labute approximate surface area is 95.4 Å². The molecule has 0 spiro atoms. The van der Waals surface area contributed by atoms with Crippen molar-refractivity contribution >= 4 is 5.82 Å². The third-order valence-electron chi connectivity index (χ3n) is 1.89. The van der Waals surface area contributed by atoms with Crippen molar-refractivity contribution in [3.8, 4) is 5.88 Å². The molecule has 0 amide bonds. The summed E-state index contributed by atoms with van der Waals surface area (Å²) >= 11 is 0. The molecule has 90 valence electrons. The first kappa shape index (κ1) is 12.7. The van der Waals surface area contributed by atoms with E-state index in [1.54, 1.807) is 13.2 Å². The molecule has 0 aliphatic carbocycles. The summed E-state index contributed by atoms with van der Waals surface area (Å²) in [6.07, 6.45) is -0.539. The predicted molar refractivity (Wildman–Crippen MR) is 61.8 cm³/mol. The third-order valence-corrected chi connectivity index (χ3v) is 1.89. The van der Waals surface area contributed by atoms with E-state index in [2.05, 4.69) is 10.3 Å². The molecule has 0 saturated carbocycles. The lowest BCUT2D eigenvalue weighted by Crippen LogP contribution is -2.24. The number of nitrogens with one attached hydrogen (secondary N) is 1. The van der Waals surface area contributed by atoms with Crippen LogP contribution in [-0.4, -0.2) is 43.1 Å². The lowest BCUT2D eigenvalue weighted by atomic mass is 10.3. The lowest BCUT2D eigenvalue weighted by Gasteiger charge is -2.11. The van der Waals surface area contributed by atoms with Gasteiger partial charge in [0.05, 0.1) is 19.3 Å². The van der Waals surface area contributed by atoms with E-state index < -0.39 is 6.10 Å². The van der Waals surface area contributed by atoms with E-state index in [-0.39, 0.29) is 0 Å². The zero-order valence-electron chi connectivity index (χ0n) is 9.64. The molecule has 0 aliphatic heterocycles. The minimum Gasteiger partial charge on any atom is -0.478 e. The van der Waals surface area contributed by atoms with Crippen molar-refractivity contribution in [2.24, 2.45) is 0 Å². The van der Waals surface area contributed by atoms with Crippen LogP contribution in [0.5, 0.6) is 5.88 Å². The fourth-order valence-electron chi connectivity index (χ4n) is 1.22. The van der Waals surface area contributed by atoms with E-state index in [0.717, 1.165) is 0 Å². The molecule has 5 heteroatoms. The molecule has 1 aromatic rings. The van der Waals surface area contributed by atoms with Crippen molar-refractivity contribution in [1.29, 1.82) is 0 Å². The van der Waals surface area contributed by atoms with E-state index in [1.807, 2.05) is 19.1 Å². The Kier molecular flexibility index (Phi) is 5.60. The fourth-order valence-corrected chi connectivity index (χ4v) is 1.22. The summed E-state index contributed by atoms with van der Waals surface area (Å²) in [5, 5.41) is 12.4. The van der Waals surface area contributed by atoms with Gasteiger partial charge in [-0.15, -0.1) is 0 Å². The van der Waals surface area contributed by atoms with Gasteiger partial charge in [-0.3, -0.25) is 0 Å². The molecule has 0 aromatic carbocycles. The van der Waals surface area contributed by atoms with E-state index in [0.29, 0.717) is 31.5 Å². The number of pyridine rings is 1. The van der Waals surface area contributed by atoms with Crippen molar-refractivity contribution in [3.05, 3.63) is 18.2 Å². The van der Waals surface area contributed by atoms with Gasteiger partial charge in [0.1, 0.15) is 5.82 Å². The number of hydrogen-bond donors (Lipinski definition) is 2. The standard InChI is InChI=1S/C11H18N2O3/c1-3-16-11-6-4-5-10(13-11)12-7-9(14)8-15-2/h4-6,9,14H,3,7-8H2,1-2H3,(H,12,13). The summed E-state index contributed by atoms with van der Waals surface area (Å²) in [6.45, 7) is 3.20. The van der Waals surface area contributed by atoms with Crippen LogP contribution >= 0.6 is 0 Å². The van der Waals surface area contributed by atoms with Crippen LogP contribution < -0.4 is 10.1 Å². The summed E-state index contributed by atoms with van der Waals surface area (Å²) in [4.78, 5) is 4.21. The van der Waals surface area contributed by atoms with Crippen LogP contribution in [0.2, 0.25) is 0 Å². The fraction of sp³-hybridized carbons (Fsp3) is 0.545. The van der Waals surface area contributed by atoms with Crippen LogP contribution in [0.4, 0.5) is 5.82 Å². The number of aliphatic hydroxyl groups is 1. The van der Waals surface area contributed by atoms with Gasteiger partial charge >= 0.3 is 0 Å².